The highest BCUT2D eigenvalue weighted by Gasteiger charge is 2.20. The van der Waals surface area contributed by atoms with Gasteiger partial charge < -0.3 is 10.4 Å². The van der Waals surface area contributed by atoms with E-state index < -0.39 is 0 Å². The predicted octanol–water partition coefficient (Wildman–Crippen LogP) is 4.32. The number of anilines is 1. The summed E-state index contributed by atoms with van der Waals surface area (Å²) in [6, 6.07) is 7.93. The first-order valence-corrected chi connectivity index (χ1v) is 7.58. The molecule has 0 spiro atoms. The molecule has 1 aromatic carbocycles. The van der Waals surface area contributed by atoms with E-state index in [2.05, 4.69) is 17.2 Å². The molecule has 0 aliphatic heterocycles. The zero-order valence-corrected chi connectivity index (χ0v) is 12.0. The maximum Gasteiger partial charge on any atom is 0.134 e. The molecular weight excluding hydrogens is 248 g/mol. The van der Waals surface area contributed by atoms with Crippen LogP contribution in [-0.2, 0) is 0 Å². The quantitative estimate of drug-likeness (QED) is 0.799. The molecule has 2 atom stereocenters. The fraction of sp³-hybridized carbons (Fsp3) is 0.471. The van der Waals surface area contributed by atoms with Gasteiger partial charge in [0, 0.05) is 17.6 Å². The fourth-order valence-electron chi connectivity index (χ4n) is 3.15. The maximum atomic E-state index is 9.70. The zero-order valence-electron chi connectivity index (χ0n) is 12.0. The molecule has 20 heavy (non-hydrogen) atoms. The molecule has 1 saturated carbocycles. The summed E-state index contributed by atoms with van der Waals surface area (Å²) < 4.78 is 0. The Labute approximate surface area is 120 Å². The largest absolute Gasteiger partial charge is 0.508 e. The van der Waals surface area contributed by atoms with Gasteiger partial charge in [-0.05, 0) is 42.3 Å². The highest BCUT2D eigenvalue weighted by molar-refractivity contribution is 5.92. The molecule has 106 valence electrons. The van der Waals surface area contributed by atoms with E-state index in [1.54, 1.807) is 12.1 Å². The first kappa shape index (κ1) is 13.2. The summed E-state index contributed by atoms with van der Waals surface area (Å²) in [5.74, 6) is 1.87. The maximum absolute atomic E-state index is 9.70. The minimum absolute atomic E-state index is 0.294. The van der Waals surface area contributed by atoms with Gasteiger partial charge in [-0.25, -0.2) is 4.98 Å². The number of hydrogen-bond donors (Lipinski definition) is 2. The summed E-state index contributed by atoms with van der Waals surface area (Å²) in [6.07, 6.45) is 8.29. The molecule has 1 heterocycles. The van der Waals surface area contributed by atoms with Gasteiger partial charge in [-0.1, -0.05) is 32.3 Å². The number of phenolic OH excluding ortho intramolecular Hbond substituents is 1. The van der Waals surface area contributed by atoms with Crippen molar-refractivity contribution in [1.29, 1.82) is 0 Å². The number of aromatic nitrogens is 1. The van der Waals surface area contributed by atoms with E-state index in [0.29, 0.717) is 17.7 Å². The van der Waals surface area contributed by atoms with Crippen molar-refractivity contribution in [1.82, 2.24) is 4.98 Å². The van der Waals surface area contributed by atoms with Crippen LogP contribution >= 0.6 is 0 Å². The Balaban J connectivity index is 1.91. The van der Waals surface area contributed by atoms with E-state index in [-0.39, 0.29) is 0 Å². The SMILES string of the molecule is CC1CCCCCC1Nc1nccc2ccc(O)cc12. The average Bonchev–Trinajstić information content (AvgIpc) is 2.65. The van der Waals surface area contributed by atoms with Crippen molar-refractivity contribution >= 4 is 16.6 Å². The molecule has 3 rings (SSSR count). The smallest absolute Gasteiger partial charge is 0.134 e. The highest BCUT2D eigenvalue weighted by Crippen LogP contribution is 2.29. The van der Waals surface area contributed by atoms with E-state index >= 15 is 0 Å². The van der Waals surface area contributed by atoms with Crippen molar-refractivity contribution in [2.45, 2.75) is 45.1 Å². The number of rotatable bonds is 2. The molecule has 1 aliphatic rings. The molecule has 2 unspecified atom stereocenters. The molecule has 0 saturated heterocycles. The van der Waals surface area contributed by atoms with Gasteiger partial charge in [0.05, 0.1) is 0 Å². The van der Waals surface area contributed by atoms with Crippen LogP contribution < -0.4 is 5.32 Å². The highest BCUT2D eigenvalue weighted by atomic mass is 16.3. The second kappa shape index (κ2) is 5.70. The third kappa shape index (κ3) is 2.72. The molecule has 0 radical (unpaired) electrons. The van der Waals surface area contributed by atoms with Crippen LogP contribution in [0.15, 0.2) is 30.5 Å². The van der Waals surface area contributed by atoms with E-state index in [1.165, 1.54) is 32.1 Å². The second-order valence-corrected chi connectivity index (χ2v) is 5.93. The van der Waals surface area contributed by atoms with Crippen LogP contribution in [0.2, 0.25) is 0 Å². The van der Waals surface area contributed by atoms with Crippen LogP contribution in [0.5, 0.6) is 5.75 Å². The van der Waals surface area contributed by atoms with E-state index in [9.17, 15) is 5.11 Å². The first-order chi connectivity index (χ1) is 9.74. The molecule has 3 nitrogen and oxygen atoms in total. The summed E-state index contributed by atoms with van der Waals surface area (Å²) in [7, 11) is 0. The Morgan fingerprint density at radius 2 is 2.00 bits per heavy atom. The van der Waals surface area contributed by atoms with Crippen molar-refractivity contribution < 1.29 is 5.11 Å². The number of hydrogen-bond acceptors (Lipinski definition) is 3. The van der Waals surface area contributed by atoms with Crippen LogP contribution in [-0.4, -0.2) is 16.1 Å². The molecule has 3 heteroatoms. The zero-order chi connectivity index (χ0) is 13.9. The molecule has 0 amide bonds. The number of aromatic hydroxyl groups is 1. The number of benzene rings is 1. The molecule has 1 aliphatic carbocycles. The number of nitrogens with one attached hydrogen (secondary N) is 1. The minimum atomic E-state index is 0.294. The average molecular weight is 270 g/mol. The van der Waals surface area contributed by atoms with Gasteiger partial charge >= 0.3 is 0 Å². The number of pyridine rings is 1. The summed E-state index contributed by atoms with van der Waals surface area (Å²) in [5.41, 5.74) is 0. The van der Waals surface area contributed by atoms with E-state index in [4.69, 9.17) is 0 Å². The Morgan fingerprint density at radius 1 is 1.15 bits per heavy atom. The topological polar surface area (TPSA) is 45.2 Å². The number of phenols is 1. The Morgan fingerprint density at radius 3 is 2.90 bits per heavy atom. The van der Waals surface area contributed by atoms with Crippen LogP contribution in [0.1, 0.15) is 39.0 Å². The monoisotopic (exact) mass is 270 g/mol. The molecule has 1 fully saturated rings. The lowest BCUT2D eigenvalue weighted by molar-refractivity contribution is 0.456. The lowest BCUT2D eigenvalue weighted by Crippen LogP contribution is -2.26. The van der Waals surface area contributed by atoms with Crippen molar-refractivity contribution in [3.05, 3.63) is 30.5 Å². The van der Waals surface area contributed by atoms with Gasteiger partial charge in [-0.2, -0.15) is 0 Å². The standard InChI is InChI=1S/C17H22N2O/c1-12-5-3-2-4-6-16(12)19-17-15-11-14(20)8-7-13(15)9-10-18-17/h7-12,16,20H,2-6H2,1H3,(H,18,19). The van der Waals surface area contributed by atoms with Crippen molar-refractivity contribution in [2.75, 3.05) is 5.32 Å². The van der Waals surface area contributed by atoms with Crippen molar-refractivity contribution in [3.63, 3.8) is 0 Å². The van der Waals surface area contributed by atoms with Crippen molar-refractivity contribution in [2.24, 2.45) is 5.92 Å². The normalized spacial score (nSPS) is 23.4. The fourth-order valence-corrected chi connectivity index (χ4v) is 3.15. The lowest BCUT2D eigenvalue weighted by Gasteiger charge is -2.24. The Bertz CT molecular complexity index is 597. The van der Waals surface area contributed by atoms with Crippen LogP contribution in [0, 0.1) is 5.92 Å². The van der Waals surface area contributed by atoms with Crippen LogP contribution in [0.4, 0.5) is 5.82 Å². The first-order valence-electron chi connectivity index (χ1n) is 7.58. The van der Waals surface area contributed by atoms with Gasteiger partial charge in [-0.3, -0.25) is 0 Å². The van der Waals surface area contributed by atoms with Crippen LogP contribution in [0.25, 0.3) is 10.8 Å². The number of nitrogens with zero attached hydrogens (tertiary/aromatic N) is 1. The third-order valence-corrected chi connectivity index (χ3v) is 4.43. The van der Waals surface area contributed by atoms with Gasteiger partial charge in [0.15, 0.2) is 0 Å². The summed E-state index contributed by atoms with van der Waals surface area (Å²) in [6.45, 7) is 2.32. The number of fused-ring (bicyclic) bond motifs is 1. The van der Waals surface area contributed by atoms with Gasteiger partial charge in [0.2, 0.25) is 0 Å². The van der Waals surface area contributed by atoms with Crippen LogP contribution in [0.3, 0.4) is 0 Å². The Hall–Kier alpha value is -1.77. The van der Waals surface area contributed by atoms with Gasteiger partial charge in [-0.15, -0.1) is 0 Å². The summed E-state index contributed by atoms with van der Waals surface area (Å²) in [4.78, 5) is 4.48. The molecule has 2 aromatic rings. The molecular formula is C17H22N2O. The van der Waals surface area contributed by atoms with Crippen molar-refractivity contribution in [3.8, 4) is 5.75 Å². The van der Waals surface area contributed by atoms with E-state index in [0.717, 1.165) is 16.6 Å². The summed E-state index contributed by atoms with van der Waals surface area (Å²) >= 11 is 0. The minimum Gasteiger partial charge on any atom is -0.508 e. The van der Waals surface area contributed by atoms with Gasteiger partial charge in [0.1, 0.15) is 11.6 Å². The second-order valence-electron chi connectivity index (χ2n) is 5.93. The lowest BCUT2D eigenvalue weighted by atomic mass is 9.97. The van der Waals surface area contributed by atoms with Gasteiger partial charge in [0.25, 0.3) is 0 Å². The molecule has 2 N–H and O–H groups in total. The third-order valence-electron chi connectivity index (χ3n) is 4.43. The molecule has 0 bridgehead atoms. The predicted molar refractivity (Wildman–Crippen MR) is 83.1 cm³/mol. The van der Waals surface area contributed by atoms with E-state index in [1.807, 2.05) is 18.3 Å². The molecule has 1 aromatic heterocycles. The summed E-state index contributed by atoms with van der Waals surface area (Å²) in [5, 5.41) is 15.4. The Kier molecular flexibility index (Phi) is 3.77.